The van der Waals surface area contributed by atoms with Gasteiger partial charge in [0.05, 0.1) is 5.56 Å². The van der Waals surface area contributed by atoms with Crippen molar-refractivity contribution in [1.82, 2.24) is 15.6 Å². The quantitative estimate of drug-likeness (QED) is 0.664. The number of fused-ring (bicyclic) bond motifs is 1. The lowest BCUT2D eigenvalue weighted by Gasteiger charge is -2.26. The first kappa shape index (κ1) is 23.4. The van der Waals surface area contributed by atoms with Crippen LogP contribution >= 0.6 is 0 Å². The molecule has 0 bridgehead atoms. The number of aromatic nitrogens is 1. The van der Waals surface area contributed by atoms with Gasteiger partial charge in [0.25, 0.3) is 11.8 Å². The van der Waals surface area contributed by atoms with Crippen molar-refractivity contribution in [3.8, 4) is 0 Å². The highest BCUT2D eigenvalue weighted by atomic mass is 16.2. The fourth-order valence-corrected chi connectivity index (χ4v) is 3.78. The van der Waals surface area contributed by atoms with Crippen LogP contribution in [0, 0.1) is 0 Å². The zero-order valence-electron chi connectivity index (χ0n) is 18.3. The van der Waals surface area contributed by atoms with Gasteiger partial charge in [0, 0.05) is 49.7 Å². The minimum atomic E-state index is -0.462. The Morgan fingerprint density at radius 1 is 1.06 bits per heavy atom. The van der Waals surface area contributed by atoms with Gasteiger partial charge in [-0.3, -0.25) is 19.4 Å². The van der Waals surface area contributed by atoms with Crippen LogP contribution in [-0.2, 0) is 11.3 Å². The van der Waals surface area contributed by atoms with E-state index in [0.29, 0.717) is 24.2 Å². The molecule has 8 heteroatoms. The lowest BCUT2D eigenvalue weighted by Crippen LogP contribution is -2.34. The first-order valence-electron chi connectivity index (χ1n) is 11.2. The fourth-order valence-electron chi connectivity index (χ4n) is 3.78. The summed E-state index contributed by atoms with van der Waals surface area (Å²) in [7, 11) is 0. The number of carbonyl (C=O) groups excluding carboxylic acids is 3. The van der Waals surface area contributed by atoms with E-state index in [1.165, 1.54) is 0 Å². The van der Waals surface area contributed by atoms with Crippen LogP contribution in [0.4, 0.5) is 5.69 Å². The molecule has 0 atom stereocenters. The zero-order chi connectivity index (χ0) is 22.8. The smallest absolute Gasteiger partial charge is 0.259 e. The topological polar surface area (TPSA) is 117 Å². The Bertz CT molecular complexity index is 932. The summed E-state index contributed by atoms with van der Waals surface area (Å²) in [5, 5.41) is 6.16. The lowest BCUT2D eigenvalue weighted by atomic mass is 10.0. The normalized spacial score (nSPS) is 15.1. The number of nitrogens with two attached hydrogens (primary N) is 1. The van der Waals surface area contributed by atoms with E-state index in [0.717, 1.165) is 49.9 Å². The van der Waals surface area contributed by atoms with Gasteiger partial charge < -0.3 is 21.3 Å². The molecule has 0 fully saturated rings. The van der Waals surface area contributed by atoms with Gasteiger partial charge in [-0.15, -0.1) is 0 Å². The second-order valence-corrected chi connectivity index (χ2v) is 7.96. The molecule has 1 aliphatic heterocycles. The highest BCUT2D eigenvalue weighted by Crippen LogP contribution is 2.25. The van der Waals surface area contributed by atoms with Gasteiger partial charge in [0.15, 0.2) is 0 Å². The molecule has 0 saturated heterocycles. The number of primary amides is 1. The van der Waals surface area contributed by atoms with Crippen molar-refractivity contribution in [3.05, 3.63) is 59.4 Å². The fraction of sp³-hybridized carbons (Fsp3) is 0.417. The summed E-state index contributed by atoms with van der Waals surface area (Å²) < 4.78 is 0. The summed E-state index contributed by atoms with van der Waals surface area (Å²) in [5.41, 5.74) is 7.83. The van der Waals surface area contributed by atoms with E-state index in [2.05, 4.69) is 15.6 Å². The standard InChI is InChI=1S/C24H31N5O3/c25-22(30)10-13-28-23(31)18-8-9-21-20(15-18)17-26-11-4-2-1-3-5-14-29(21)24(32)19-7-6-12-27-16-19/h6-9,12,15-16,26H,1-5,10-11,13-14,17H2,(H2,25,30)(H,28,31). The van der Waals surface area contributed by atoms with Gasteiger partial charge in [0.2, 0.25) is 5.91 Å². The Morgan fingerprint density at radius 3 is 2.66 bits per heavy atom. The van der Waals surface area contributed by atoms with Crippen molar-refractivity contribution >= 4 is 23.4 Å². The predicted molar refractivity (Wildman–Crippen MR) is 123 cm³/mol. The van der Waals surface area contributed by atoms with Crippen LogP contribution in [0.5, 0.6) is 0 Å². The van der Waals surface area contributed by atoms with Gasteiger partial charge in [-0.05, 0) is 55.3 Å². The van der Waals surface area contributed by atoms with E-state index in [9.17, 15) is 14.4 Å². The number of hydrogen-bond donors (Lipinski definition) is 3. The van der Waals surface area contributed by atoms with Crippen molar-refractivity contribution < 1.29 is 14.4 Å². The highest BCUT2D eigenvalue weighted by molar-refractivity contribution is 6.06. The number of benzene rings is 1. The third-order valence-electron chi connectivity index (χ3n) is 5.49. The molecule has 1 aromatic carbocycles. The second-order valence-electron chi connectivity index (χ2n) is 7.96. The van der Waals surface area contributed by atoms with E-state index in [-0.39, 0.29) is 24.8 Å². The monoisotopic (exact) mass is 437 g/mol. The molecule has 4 N–H and O–H groups in total. The molecule has 3 amide bonds. The van der Waals surface area contributed by atoms with Crippen LogP contribution in [0.3, 0.4) is 0 Å². The SMILES string of the molecule is NC(=O)CCNC(=O)c1ccc2c(c1)CNCCCCCCCN2C(=O)c1cccnc1. The Balaban J connectivity index is 1.90. The Hall–Kier alpha value is -3.26. The molecule has 8 nitrogen and oxygen atoms in total. The lowest BCUT2D eigenvalue weighted by molar-refractivity contribution is -0.117. The van der Waals surface area contributed by atoms with E-state index in [1.807, 2.05) is 12.1 Å². The van der Waals surface area contributed by atoms with Gasteiger partial charge in [-0.2, -0.15) is 0 Å². The molecular formula is C24H31N5O3. The summed E-state index contributed by atoms with van der Waals surface area (Å²) in [4.78, 5) is 42.7. The van der Waals surface area contributed by atoms with Crippen LogP contribution in [0.1, 0.15) is 64.8 Å². The number of rotatable bonds is 5. The molecule has 170 valence electrons. The number of anilines is 1. The molecule has 0 saturated carbocycles. The maximum atomic E-state index is 13.3. The third kappa shape index (κ3) is 6.62. The zero-order valence-corrected chi connectivity index (χ0v) is 18.3. The molecule has 0 spiro atoms. The average Bonchev–Trinajstić information content (AvgIpc) is 2.79. The number of nitrogens with one attached hydrogen (secondary N) is 2. The molecule has 32 heavy (non-hydrogen) atoms. The van der Waals surface area contributed by atoms with E-state index < -0.39 is 5.91 Å². The van der Waals surface area contributed by atoms with Crippen LogP contribution < -0.4 is 21.3 Å². The summed E-state index contributed by atoms with van der Waals surface area (Å²) >= 11 is 0. The van der Waals surface area contributed by atoms with Gasteiger partial charge in [-0.25, -0.2) is 0 Å². The van der Waals surface area contributed by atoms with Gasteiger partial charge in [0.1, 0.15) is 0 Å². The van der Waals surface area contributed by atoms with Crippen molar-refractivity contribution in [2.75, 3.05) is 24.5 Å². The Labute approximate surface area is 188 Å². The van der Waals surface area contributed by atoms with E-state index in [4.69, 9.17) is 5.73 Å². The minimum Gasteiger partial charge on any atom is -0.370 e. The number of hydrogen-bond acceptors (Lipinski definition) is 5. The first-order valence-corrected chi connectivity index (χ1v) is 11.2. The van der Waals surface area contributed by atoms with E-state index >= 15 is 0 Å². The predicted octanol–water partition coefficient (Wildman–Crippen LogP) is 2.39. The maximum absolute atomic E-state index is 13.3. The second kappa shape index (κ2) is 12.0. The molecule has 0 aliphatic carbocycles. The Morgan fingerprint density at radius 2 is 1.88 bits per heavy atom. The van der Waals surface area contributed by atoms with Crippen LogP contribution in [0.25, 0.3) is 0 Å². The first-order chi connectivity index (χ1) is 15.6. The van der Waals surface area contributed by atoms with Crippen LogP contribution in [0.15, 0.2) is 42.7 Å². The molecule has 3 rings (SSSR count). The van der Waals surface area contributed by atoms with Crippen LogP contribution in [-0.4, -0.2) is 42.3 Å². The molecule has 1 aromatic heterocycles. The minimum absolute atomic E-state index is 0.0889. The number of nitrogens with zero attached hydrogens (tertiary/aromatic N) is 2. The number of amides is 3. The van der Waals surface area contributed by atoms with Crippen LogP contribution in [0.2, 0.25) is 0 Å². The largest absolute Gasteiger partial charge is 0.370 e. The summed E-state index contributed by atoms with van der Waals surface area (Å²) in [5.74, 6) is -0.836. The maximum Gasteiger partial charge on any atom is 0.259 e. The molecule has 2 aromatic rings. The summed E-state index contributed by atoms with van der Waals surface area (Å²) in [6, 6.07) is 8.89. The van der Waals surface area contributed by atoms with Crippen molar-refractivity contribution in [3.63, 3.8) is 0 Å². The molecular weight excluding hydrogens is 406 g/mol. The van der Waals surface area contributed by atoms with Crippen molar-refractivity contribution in [1.29, 1.82) is 0 Å². The summed E-state index contributed by atoms with van der Waals surface area (Å²) in [6.45, 7) is 2.22. The summed E-state index contributed by atoms with van der Waals surface area (Å²) in [6.07, 6.45) is 8.69. The van der Waals surface area contributed by atoms with Crippen molar-refractivity contribution in [2.45, 2.75) is 45.1 Å². The molecule has 0 radical (unpaired) electrons. The highest BCUT2D eigenvalue weighted by Gasteiger charge is 2.22. The molecule has 0 unspecified atom stereocenters. The van der Waals surface area contributed by atoms with Gasteiger partial charge >= 0.3 is 0 Å². The molecule has 1 aliphatic rings. The molecule has 2 heterocycles. The number of carbonyl (C=O) groups is 3. The third-order valence-corrected chi connectivity index (χ3v) is 5.49. The Kier molecular flexibility index (Phi) is 8.74. The average molecular weight is 438 g/mol. The van der Waals surface area contributed by atoms with Crippen molar-refractivity contribution in [2.24, 2.45) is 5.73 Å². The van der Waals surface area contributed by atoms with Gasteiger partial charge in [-0.1, -0.05) is 19.3 Å². The van der Waals surface area contributed by atoms with E-state index in [1.54, 1.807) is 35.5 Å². The number of pyridine rings is 1.